The lowest BCUT2D eigenvalue weighted by Crippen LogP contribution is -2.69. The molecule has 30 rings (SSSR count). The first-order valence-corrected chi connectivity index (χ1v) is 49.7. The first-order chi connectivity index (χ1) is 60.7. The number of aliphatic hydroxyl groups is 16. The van der Waals surface area contributed by atoms with Crippen LogP contribution in [0.15, 0.2) is 0 Å². The number of aliphatic hydroxyl groups excluding tert-OH is 16. The highest BCUT2D eigenvalue weighted by molar-refractivity contribution is 8.00. The number of aliphatic carboxylic acids is 8. The summed E-state index contributed by atoms with van der Waals surface area (Å²) in [5, 5.41) is 272. The summed E-state index contributed by atoms with van der Waals surface area (Å²) in [5.74, 6) is -14.4. The van der Waals surface area contributed by atoms with Crippen LogP contribution < -0.4 is 0 Å². The lowest BCUT2D eigenvalue weighted by Gasteiger charge is -2.51. The van der Waals surface area contributed by atoms with Gasteiger partial charge in [-0.1, -0.05) is 0 Å². The molecule has 40 atom stereocenters. The number of hydrogen-bond acceptors (Lipinski definition) is 48. The average Bonchev–Trinajstić information content (AvgIpc) is 0.766. The first kappa shape index (κ1) is 109. The van der Waals surface area contributed by atoms with Crippen molar-refractivity contribution >= 4 is 142 Å². The van der Waals surface area contributed by atoms with Crippen LogP contribution in [0.1, 0.15) is 51.4 Å². The molecule has 736 valence electrons. The van der Waals surface area contributed by atoms with Crippen molar-refractivity contribution < 1.29 is 237 Å². The molecule has 0 aliphatic carbocycles. The maximum absolute atomic E-state index is 12.3. The SMILES string of the molecule is O=C(O)CCSC[C@H]1O[C@@H]2O[C@H]3[C@H](O)[C@@H](O)[C@@H](O[C@H]4[C@H](O)[C@@H](O)[C@@H](O[C@H]5[C@H](O)[C@@H](O)[C@@H](O[C@H]6[C@H](O)[C@@H](O)[C@@H](O[C@H]7[C@H](O)[C@@H](O)[C@@H](O[C@H]8[C@H](O)[C@@H](O)[C@@H](O[C@H]9[C@H](O)C(O)[C@@H](O[C@H]1[C@H](O)[C@H]2O)O[C@@H]9CSCCC(=O)O)O[C@@H]8CSCCC(=O)O)O[C@@H]7CSCCC(=O)O)O[C@@H]6CSCCC(=O)O)O[C@@H]5CSCCC(=O)O)O[C@@H]4CSCCC(=O)O)O[C@@H]3CSCCC(=O)O. The van der Waals surface area contributed by atoms with E-state index in [0.717, 1.165) is 94.1 Å². The van der Waals surface area contributed by atoms with Gasteiger partial charge in [-0.15, -0.1) is 0 Å². The fraction of sp³-hybridized carbons (Fsp3) is 0.889. The van der Waals surface area contributed by atoms with E-state index in [-0.39, 0.29) is 92.0 Å². The predicted molar refractivity (Wildman–Crippen MR) is 441 cm³/mol. The van der Waals surface area contributed by atoms with Gasteiger partial charge >= 0.3 is 47.8 Å². The van der Waals surface area contributed by atoms with E-state index >= 15 is 0 Å². The fourth-order valence-corrected chi connectivity index (χ4v) is 22.6. The van der Waals surface area contributed by atoms with Crippen molar-refractivity contribution in [2.75, 3.05) is 92.0 Å². The number of rotatable bonds is 40. The van der Waals surface area contributed by atoms with Gasteiger partial charge in [-0.3, -0.25) is 38.4 Å². The second-order valence-corrected chi connectivity index (χ2v) is 39.9. The highest BCUT2D eigenvalue weighted by atomic mass is 32.2. The van der Waals surface area contributed by atoms with Crippen molar-refractivity contribution in [1.82, 2.24) is 0 Å². The fourth-order valence-electron chi connectivity index (χ4n) is 14.7. The minimum atomic E-state index is -2.33. The van der Waals surface area contributed by atoms with Crippen LogP contribution in [0.5, 0.6) is 0 Å². The molecule has 0 radical (unpaired) electrons. The Morgan fingerprint density at radius 3 is 0.336 bits per heavy atom. The Morgan fingerprint density at radius 1 is 0.156 bits per heavy atom. The standard InChI is InChI=1S/C72H112O48S8/c73-33(74)1-9-121-17-25-57-41(89)49(97)65(105-25)114-58-26(18-122-10-2-34(75)76)107-67(51(99)43(58)91)116-60-28(20-124-12-4-36(79)80)109-69(53(101)45(60)93)118-62-30(22-126-14-6-38(83)84)111-71(55(103)47(62)95)120-64-32(24-128-16-8-40(87)88)112-72(56(104)48(64)96)119-63-31(23-127-15-7-39(85)86)110-70(54(102)46(63)94)117-61-29(21-125-13-5-37(81)82)108-68(52(100)44(61)92)115-59-27(19-123-11-3-35(77)78)106-66(113-57)50(98)42(59)90/h25-32,41-72,89-104H,1-24H2,(H,73,74)(H,75,76)(H,77,78)(H,79,80)(H,81,82)(H,83,84)(H,85,86)(H,87,88)/t25-,26-,27-,28-,29-,30-,31-,32-,41-,42-,43-,44-,45-,46-,47-,48-,49-,50-,51-,52-,53-,54-,55-,56?,57-,58-,59-,60-,61-,62-,63-,64-,65-,66-,67-,68-,69-,70-,71-,72-/m1/s1. The Labute approximate surface area is 763 Å². The van der Waals surface area contributed by atoms with Crippen molar-refractivity contribution in [3.63, 3.8) is 0 Å². The summed E-state index contributed by atoms with van der Waals surface area (Å²) in [4.78, 5) is 94.3. The molecule has 0 aromatic carbocycles. The van der Waals surface area contributed by atoms with Gasteiger partial charge in [0.05, 0.1) is 100 Å². The van der Waals surface area contributed by atoms with Crippen LogP contribution in [0.2, 0.25) is 0 Å². The first-order valence-electron chi connectivity index (χ1n) is 40.5. The third kappa shape index (κ3) is 30.6. The van der Waals surface area contributed by atoms with Crippen molar-refractivity contribution in [3.8, 4) is 0 Å². The summed E-state index contributed by atoms with van der Waals surface area (Å²) in [6, 6.07) is 0. The number of thioether (sulfide) groups is 8. The minimum absolute atomic E-state index is 0.159. The van der Waals surface area contributed by atoms with E-state index in [1.807, 2.05) is 0 Å². The second kappa shape index (κ2) is 52.7. The van der Waals surface area contributed by atoms with Crippen LogP contribution in [0.3, 0.4) is 0 Å². The Morgan fingerprint density at radius 2 is 0.250 bits per heavy atom. The molecular formula is C72H112O48S8. The molecule has 30 fully saturated rings. The molecule has 24 N–H and O–H groups in total. The van der Waals surface area contributed by atoms with Crippen LogP contribution in [-0.4, -0.2) is 508 Å². The summed E-state index contributed by atoms with van der Waals surface area (Å²) in [6.45, 7) is 0. The van der Waals surface area contributed by atoms with E-state index in [9.17, 15) is 161 Å². The number of ether oxygens (including phenoxy) is 16. The normalized spacial score (nSPS) is 41.5. The lowest BCUT2D eigenvalue weighted by atomic mass is 9.95. The van der Waals surface area contributed by atoms with Crippen molar-refractivity contribution in [2.24, 2.45) is 0 Å². The van der Waals surface area contributed by atoms with Gasteiger partial charge in [-0.25, -0.2) is 0 Å². The van der Waals surface area contributed by atoms with E-state index in [1.165, 1.54) is 0 Å². The number of carboxylic acid groups (broad SMARTS) is 8. The molecule has 30 heterocycles. The van der Waals surface area contributed by atoms with Gasteiger partial charge in [-0.05, 0) is 0 Å². The van der Waals surface area contributed by atoms with Gasteiger partial charge < -0.3 is 198 Å². The Bertz CT molecular complexity index is 2830. The summed E-state index contributed by atoms with van der Waals surface area (Å²) in [5.41, 5.74) is 0. The molecule has 56 heteroatoms. The molecule has 0 spiro atoms. The van der Waals surface area contributed by atoms with Gasteiger partial charge in [0, 0.05) is 92.0 Å². The number of carboxylic acids is 8. The molecule has 48 nitrogen and oxygen atoms in total. The molecule has 0 aromatic heterocycles. The van der Waals surface area contributed by atoms with Gasteiger partial charge in [0.25, 0.3) is 0 Å². The zero-order chi connectivity index (χ0) is 93.7. The summed E-state index contributed by atoms with van der Waals surface area (Å²) < 4.78 is 100. The molecule has 30 saturated heterocycles. The van der Waals surface area contributed by atoms with E-state index in [0.29, 0.717) is 0 Å². The van der Waals surface area contributed by atoms with Crippen LogP contribution in [0, 0.1) is 0 Å². The molecule has 128 heavy (non-hydrogen) atoms. The quantitative estimate of drug-likeness (QED) is 0.0253. The highest BCUT2D eigenvalue weighted by Gasteiger charge is 2.61. The monoisotopic (exact) mass is 2000 g/mol. The van der Waals surface area contributed by atoms with E-state index in [1.54, 1.807) is 0 Å². The molecule has 30 aliphatic heterocycles. The molecule has 1 unspecified atom stereocenters. The summed E-state index contributed by atoms with van der Waals surface area (Å²) in [7, 11) is 0. The smallest absolute Gasteiger partial charge is 0.304 e. The summed E-state index contributed by atoms with van der Waals surface area (Å²) >= 11 is 7.04. The largest absolute Gasteiger partial charge is 0.481 e. The Balaban J connectivity index is 1.12. The third-order valence-electron chi connectivity index (χ3n) is 21.4. The van der Waals surface area contributed by atoms with Crippen molar-refractivity contribution in [2.45, 2.75) is 297 Å². The van der Waals surface area contributed by atoms with Crippen LogP contribution >= 0.6 is 94.1 Å². The number of carbonyl (C=O) groups is 8. The van der Waals surface area contributed by atoms with Gasteiger partial charge in [-0.2, -0.15) is 94.1 Å². The molecule has 30 aliphatic rings. The second-order valence-electron chi connectivity index (χ2n) is 30.7. The zero-order valence-electron chi connectivity index (χ0n) is 67.9. The van der Waals surface area contributed by atoms with Gasteiger partial charge in [0.15, 0.2) is 50.3 Å². The lowest BCUT2D eigenvalue weighted by molar-refractivity contribution is -0.396. The van der Waals surface area contributed by atoms with Gasteiger partial charge in [0.1, 0.15) is 146 Å². The predicted octanol–water partition coefficient (Wildman–Crippen LogP) is -7.68. The van der Waals surface area contributed by atoms with Crippen molar-refractivity contribution in [1.29, 1.82) is 0 Å². The highest BCUT2D eigenvalue weighted by Crippen LogP contribution is 2.43. The zero-order valence-corrected chi connectivity index (χ0v) is 74.4. The average molecular weight is 2000 g/mol. The molecule has 0 saturated carbocycles. The maximum Gasteiger partial charge on any atom is 0.304 e. The van der Waals surface area contributed by atoms with E-state index in [2.05, 4.69) is 0 Å². The van der Waals surface area contributed by atoms with Gasteiger partial charge in [0.2, 0.25) is 0 Å². The summed E-state index contributed by atoms with van der Waals surface area (Å²) in [6.07, 6.45) is -85.9. The Kier molecular flexibility index (Phi) is 44.9. The minimum Gasteiger partial charge on any atom is -0.481 e. The van der Waals surface area contributed by atoms with Crippen LogP contribution in [0.25, 0.3) is 0 Å². The van der Waals surface area contributed by atoms with Crippen molar-refractivity contribution in [3.05, 3.63) is 0 Å². The molecular weight excluding hydrogens is 1890 g/mol. The molecule has 16 bridgehead atoms. The maximum atomic E-state index is 12.3. The third-order valence-corrected chi connectivity index (χ3v) is 29.9. The molecule has 0 amide bonds. The van der Waals surface area contributed by atoms with Crippen LogP contribution in [0.4, 0.5) is 0 Å². The topological polar surface area (TPSA) is 770 Å². The number of hydrogen-bond donors (Lipinski definition) is 24. The van der Waals surface area contributed by atoms with E-state index < -0.39 is 345 Å². The molecule has 0 aromatic rings. The Hall–Kier alpha value is -2.72. The van der Waals surface area contributed by atoms with Crippen LogP contribution in [-0.2, 0) is 114 Å². The van der Waals surface area contributed by atoms with E-state index in [4.69, 9.17) is 75.8 Å².